The number of likely N-dealkylation sites (N-methyl/N-ethyl adjacent to an activating group) is 1. The van der Waals surface area contributed by atoms with Gasteiger partial charge in [0.15, 0.2) is 0 Å². The lowest BCUT2D eigenvalue weighted by Crippen LogP contribution is -2.28. The van der Waals surface area contributed by atoms with Crippen LogP contribution in [0.2, 0.25) is 0 Å². The van der Waals surface area contributed by atoms with Gasteiger partial charge in [-0.15, -0.1) is 0 Å². The van der Waals surface area contributed by atoms with Crippen molar-refractivity contribution in [1.29, 1.82) is 0 Å². The molecule has 1 atom stereocenters. The van der Waals surface area contributed by atoms with E-state index in [-0.39, 0.29) is 11.0 Å². The minimum Gasteiger partial charge on any atom is -0.399 e. The van der Waals surface area contributed by atoms with Gasteiger partial charge in [0.2, 0.25) is 10.0 Å². The first kappa shape index (κ1) is 14.1. The molecule has 1 heterocycles. The zero-order valence-electron chi connectivity index (χ0n) is 10.9. The van der Waals surface area contributed by atoms with Crippen molar-refractivity contribution in [1.82, 2.24) is 0 Å². The molecule has 1 saturated heterocycles. The van der Waals surface area contributed by atoms with Crippen molar-refractivity contribution in [3.05, 3.63) is 18.2 Å². The highest BCUT2D eigenvalue weighted by molar-refractivity contribution is 7.89. The summed E-state index contributed by atoms with van der Waals surface area (Å²) in [5, 5.41) is 5.13. The van der Waals surface area contributed by atoms with E-state index in [9.17, 15) is 8.42 Å². The second-order valence-electron chi connectivity index (χ2n) is 4.82. The number of nitrogens with two attached hydrogens (primary N) is 2. The fourth-order valence-electron chi connectivity index (χ4n) is 2.19. The van der Waals surface area contributed by atoms with Crippen molar-refractivity contribution in [2.75, 3.05) is 30.8 Å². The van der Waals surface area contributed by atoms with E-state index < -0.39 is 10.0 Å². The molecule has 4 N–H and O–H groups in total. The largest absolute Gasteiger partial charge is 0.399 e. The normalized spacial score (nSPS) is 19.6. The van der Waals surface area contributed by atoms with Crippen LogP contribution in [0, 0.1) is 0 Å². The number of nitrogen functional groups attached to an aromatic ring is 1. The summed E-state index contributed by atoms with van der Waals surface area (Å²) in [6.45, 7) is 1.49. The van der Waals surface area contributed by atoms with Crippen LogP contribution in [0.25, 0.3) is 0 Å². The third-order valence-corrected chi connectivity index (χ3v) is 4.08. The molecular formula is C12H19N3O3S. The summed E-state index contributed by atoms with van der Waals surface area (Å²) in [6.07, 6.45) is 2.27. The van der Waals surface area contributed by atoms with E-state index in [2.05, 4.69) is 0 Å². The zero-order valence-corrected chi connectivity index (χ0v) is 11.7. The van der Waals surface area contributed by atoms with Crippen molar-refractivity contribution in [2.45, 2.75) is 23.8 Å². The summed E-state index contributed by atoms with van der Waals surface area (Å²) < 4.78 is 28.3. The molecule has 0 saturated carbocycles. The smallest absolute Gasteiger partial charge is 0.238 e. The van der Waals surface area contributed by atoms with Crippen LogP contribution < -0.4 is 15.8 Å². The Hall–Kier alpha value is -1.31. The molecule has 0 bridgehead atoms. The minimum atomic E-state index is -3.75. The predicted octanol–water partition coefficient (Wildman–Crippen LogP) is 0.531. The molecule has 6 nitrogen and oxygen atoms in total. The summed E-state index contributed by atoms with van der Waals surface area (Å²) in [5.74, 6) is 0. The first-order valence-electron chi connectivity index (χ1n) is 6.12. The molecule has 1 fully saturated rings. The summed E-state index contributed by atoms with van der Waals surface area (Å²) in [4.78, 5) is 1.96. The summed E-state index contributed by atoms with van der Waals surface area (Å²) in [7, 11) is -1.87. The van der Waals surface area contributed by atoms with Gasteiger partial charge in [0.1, 0.15) is 0 Å². The lowest BCUT2D eigenvalue weighted by Gasteiger charge is -2.23. The number of hydrogen-bond acceptors (Lipinski definition) is 5. The average Bonchev–Trinajstić information content (AvgIpc) is 2.79. The first-order chi connectivity index (χ1) is 8.86. The second kappa shape index (κ2) is 5.36. The number of nitrogens with zero attached hydrogens (tertiary/aromatic N) is 1. The highest BCUT2D eigenvalue weighted by atomic mass is 32.2. The first-order valence-corrected chi connectivity index (χ1v) is 7.67. The molecule has 7 heteroatoms. The third-order valence-electron chi connectivity index (χ3n) is 3.18. The zero-order chi connectivity index (χ0) is 14.0. The maximum atomic E-state index is 11.4. The quantitative estimate of drug-likeness (QED) is 0.786. The summed E-state index contributed by atoms with van der Waals surface area (Å²) in [6, 6.07) is 4.61. The molecule has 1 aromatic rings. The van der Waals surface area contributed by atoms with Crippen LogP contribution in [0.5, 0.6) is 0 Å². The highest BCUT2D eigenvalue weighted by Crippen LogP contribution is 2.24. The molecule has 1 aliphatic rings. The van der Waals surface area contributed by atoms with Gasteiger partial charge in [-0.3, -0.25) is 0 Å². The molecule has 1 aromatic carbocycles. The van der Waals surface area contributed by atoms with Gasteiger partial charge < -0.3 is 15.4 Å². The molecule has 106 valence electrons. The van der Waals surface area contributed by atoms with E-state index in [1.54, 1.807) is 6.07 Å². The Morgan fingerprint density at radius 3 is 2.74 bits per heavy atom. The van der Waals surface area contributed by atoms with E-state index >= 15 is 0 Å². The highest BCUT2D eigenvalue weighted by Gasteiger charge is 2.19. The fourth-order valence-corrected chi connectivity index (χ4v) is 2.77. The Morgan fingerprint density at radius 2 is 2.16 bits per heavy atom. The molecule has 0 aromatic heterocycles. The Morgan fingerprint density at radius 1 is 1.42 bits per heavy atom. The average molecular weight is 285 g/mol. The van der Waals surface area contributed by atoms with Gasteiger partial charge in [-0.25, -0.2) is 13.6 Å². The molecule has 0 amide bonds. The number of anilines is 2. The van der Waals surface area contributed by atoms with E-state index in [4.69, 9.17) is 15.6 Å². The van der Waals surface area contributed by atoms with E-state index in [1.807, 2.05) is 11.9 Å². The molecular weight excluding hydrogens is 266 g/mol. The number of rotatable bonds is 4. The van der Waals surface area contributed by atoms with Crippen molar-refractivity contribution in [2.24, 2.45) is 5.14 Å². The van der Waals surface area contributed by atoms with Crippen molar-refractivity contribution < 1.29 is 13.2 Å². The van der Waals surface area contributed by atoms with E-state index in [0.717, 1.165) is 25.1 Å². The van der Waals surface area contributed by atoms with Gasteiger partial charge in [0.05, 0.1) is 11.0 Å². The van der Waals surface area contributed by atoms with Crippen molar-refractivity contribution >= 4 is 21.4 Å². The third kappa shape index (κ3) is 3.59. The number of primary sulfonamides is 1. The van der Waals surface area contributed by atoms with Gasteiger partial charge in [0.25, 0.3) is 0 Å². The van der Waals surface area contributed by atoms with Gasteiger partial charge in [-0.05, 0) is 31.0 Å². The van der Waals surface area contributed by atoms with Crippen molar-refractivity contribution in [3.8, 4) is 0 Å². The maximum Gasteiger partial charge on any atom is 0.238 e. The monoisotopic (exact) mass is 285 g/mol. The van der Waals surface area contributed by atoms with E-state index in [1.165, 1.54) is 12.1 Å². The van der Waals surface area contributed by atoms with Crippen LogP contribution in [0.15, 0.2) is 23.1 Å². The Kier molecular flexibility index (Phi) is 3.98. The number of hydrogen-bond donors (Lipinski definition) is 2. The van der Waals surface area contributed by atoms with Gasteiger partial charge in [0, 0.05) is 31.6 Å². The topological polar surface area (TPSA) is 98.7 Å². The van der Waals surface area contributed by atoms with Crippen LogP contribution in [-0.4, -0.2) is 34.7 Å². The Labute approximate surface area is 113 Å². The van der Waals surface area contributed by atoms with Crippen LogP contribution in [-0.2, 0) is 14.8 Å². The molecule has 0 aliphatic carbocycles. The molecule has 1 unspecified atom stereocenters. The van der Waals surface area contributed by atoms with Gasteiger partial charge in [-0.1, -0.05) is 0 Å². The van der Waals surface area contributed by atoms with Gasteiger partial charge in [-0.2, -0.15) is 0 Å². The summed E-state index contributed by atoms with van der Waals surface area (Å²) >= 11 is 0. The summed E-state index contributed by atoms with van der Waals surface area (Å²) in [5.41, 5.74) is 6.82. The molecule has 2 rings (SSSR count). The lowest BCUT2D eigenvalue weighted by molar-refractivity contribution is 0.116. The molecule has 0 radical (unpaired) electrons. The second-order valence-corrected chi connectivity index (χ2v) is 6.38. The predicted molar refractivity (Wildman–Crippen MR) is 74.5 cm³/mol. The molecule has 19 heavy (non-hydrogen) atoms. The molecule has 1 aliphatic heterocycles. The number of benzene rings is 1. The van der Waals surface area contributed by atoms with E-state index in [0.29, 0.717) is 12.2 Å². The van der Waals surface area contributed by atoms with Gasteiger partial charge >= 0.3 is 0 Å². The number of sulfonamides is 1. The Bertz CT molecular complexity index is 553. The SMILES string of the molecule is CN(CC1CCCO1)c1cc(N)cc(S(N)(=O)=O)c1. The van der Waals surface area contributed by atoms with Crippen LogP contribution in [0.1, 0.15) is 12.8 Å². The van der Waals surface area contributed by atoms with Crippen LogP contribution in [0.3, 0.4) is 0 Å². The maximum absolute atomic E-state index is 11.4. The van der Waals surface area contributed by atoms with Crippen LogP contribution >= 0.6 is 0 Å². The Balaban J connectivity index is 2.21. The standard InChI is InChI=1S/C12H19N3O3S/c1-15(8-11-3-2-4-18-11)10-5-9(13)6-12(7-10)19(14,16)17/h5-7,11H,2-4,8,13H2,1H3,(H2,14,16,17). The van der Waals surface area contributed by atoms with Crippen LogP contribution in [0.4, 0.5) is 11.4 Å². The number of ether oxygens (including phenoxy) is 1. The minimum absolute atomic E-state index is 0.0293. The fraction of sp³-hybridized carbons (Fsp3) is 0.500. The lowest BCUT2D eigenvalue weighted by atomic mass is 10.2. The van der Waals surface area contributed by atoms with Crippen molar-refractivity contribution in [3.63, 3.8) is 0 Å². The molecule has 0 spiro atoms.